The van der Waals surface area contributed by atoms with E-state index in [4.69, 9.17) is 0 Å². The highest BCUT2D eigenvalue weighted by atomic mass is 15.2. The van der Waals surface area contributed by atoms with Crippen molar-refractivity contribution in [3.63, 3.8) is 0 Å². The third-order valence-corrected chi connectivity index (χ3v) is 5.43. The van der Waals surface area contributed by atoms with Crippen LogP contribution in [-0.2, 0) is 0 Å². The second-order valence-electron chi connectivity index (χ2n) is 7.27. The topological polar surface area (TPSA) is 15.3 Å². The van der Waals surface area contributed by atoms with Crippen LogP contribution in [0.5, 0.6) is 0 Å². The molecule has 0 spiro atoms. The highest BCUT2D eigenvalue weighted by Crippen LogP contribution is 2.38. The summed E-state index contributed by atoms with van der Waals surface area (Å²) in [5.41, 5.74) is 0. The SMILES string of the molecule is CC(C)C1CN(CC2CCCC2)C(C2CC2)CN1. The van der Waals surface area contributed by atoms with Gasteiger partial charge >= 0.3 is 0 Å². The lowest BCUT2D eigenvalue weighted by molar-refractivity contribution is 0.0838. The summed E-state index contributed by atoms with van der Waals surface area (Å²) >= 11 is 0. The van der Waals surface area contributed by atoms with Crippen molar-refractivity contribution >= 4 is 0 Å². The Bertz CT molecular complexity index is 264. The molecule has 0 bridgehead atoms. The van der Waals surface area contributed by atoms with Crippen LogP contribution in [0, 0.1) is 17.8 Å². The molecule has 1 heterocycles. The first-order chi connectivity index (χ1) is 8.74. The molecule has 1 N–H and O–H groups in total. The van der Waals surface area contributed by atoms with Crippen molar-refractivity contribution in [3.05, 3.63) is 0 Å². The van der Waals surface area contributed by atoms with Gasteiger partial charge in [-0.1, -0.05) is 26.7 Å². The molecule has 1 aliphatic heterocycles. The second kappa shape index (κ2) is 5.50. The number of nitrogens with one attached hydrogen (secondary N) is 1. The van der Waals surface area contributed by atoms with Crippen LogP contribution in [0.2, 0.25) is 0 Å². The van der Waals surface area contributed by atoms with Crippen LogP contribution in [0.3, 0.4) is 0 Å². The zero-order chi connectivity index (χ0) is 12.5. The molecule has 0 aromatic rings. The van der Waals surface area contributed by atoms with Crippen molar-refractivity contribution in [2.45, 2.75) is 64.5 Å². The summed E-state index contributed by atoms with van der Waals surface area (Å²) in [4.78, 5) is 2.87. The fraction of sp³-hybridized carbons (Fsp3) is 1.00. The van der Waals surface area contributed by atoms with Crippen LogP contribution < -0.4 is 5.32 Å². The maximum Gasteiger partial charge on any atom is 0.0249 e. The van der Waals surface area contributed by atoms with Crippen molar-refractivity contribution in [3.8, 4) is 0 Å². The molecule has 2 nitrogen and oxygen atoms in total. The quantitative estimate of drug-likeness (QED) is 0.825. The Labute approximate surface area is 113 Å². The average molecular weight is 250 g/mol. The van der Waals surface area contributed by atoms with E-state index in [1.165, 1.54) is 58.2 Å². The lowest BCUT2D eigenvalue weighted by Crippen LogP contribution is -2.59. The molecule has 1 saturated heterocycles. The monoisotopic (exact) mass is 250 g/mol. The third kappa shape index (κ3) is 2.91. The van der Waals surface area contributed by atoms with E-state index in [1.54, 1.807) is 0 Å². The zero-order valence-electron chi connectivity index (χ0n) is 12.2. The van der Waals surface area contributed by atoms with Gasteiger partial charge < -0.3 is 5.32 Å². The molecular weight excluding hydrogens is 220 g/mol. The Morgan fingerprint density at radius 2 is 1.83 bits per heavy atom. The molecule has 0 aromatic heterocycles. The summed E-state index contributed by atoms with van der Waals surface area (Å²) in [5.74, 6) is 2.81. The molecule has 3 rings (SSSR count). The van der Waals surface area contributed by atoms with Crippen molar-refractivity contribution < 1.29 is 0 Å². The van der Waals surface area contributed by atoms with Crippen LogP contribution in [0.4, 0.5) is 0 Å². The van der Waals surface area contributed by atoms with Crippen LogP contribution >= 0.6 is 0 Å². The fourth-order valence-electron chi connectivity index (χ4n) is 3.98. The summed E-state index contributed by atoms with van der Waals surface area (Å²) in [6, 6.07) is 1.59. The van der Waals surface area contributed by atoms with Gasteiger partial charge in [-0.3, -0.25) is 4.90 Å². The molecule has 0 amide bonds. The maximum atomic E-state index is 3.80. The maximum absolute atomic E-state index is 3.80. The first kappa shape index (κ1) is 12.9. The van der Waals surface area contributed by atoms with E-state index in [9.17, 15) is 0 Å². The highest BCUT2D eigenvalue weighted by molar-refractivity contribution is 4.96. The molecular formula is C16H30N2. The van der Waals surface area contributed by atoms with Crippen LogP contribution in [-0.4, -0.2) is 36.6 Å². The van der Waals surface area contributed by atoms with Crippen LogP contribution in [0.25, 0.3) is 0 Å². The van der Waals surface area contributed by atoms with E-state index < -0.39 is 0 Å². The Hall–Kier alpha value is -0.0800. The van der Waals surface area contributed by atoms with E-state index in [-0.39, 0.29) is 0 Å². The lowest BCUT2D eigenvalue weighted by atomic mass is 9.95. The van der Waals surface area contributed by atoms with Crippen LogP contribution in [0.1, 0.15) is 52.4 Å². The molecule has 2 heteroatoms. The molecule has 2 saturated carbocycles. The van der Waals surface area contributed by atoms with Gasteiger partial charge in [0.05, 0.1) is 0 Å². The van der Waals surface area contributed by atoms with Gasteiger partial charge in [-0.2, -0.15) is 0 Å². The minimum absolute atomic E-state index is 0.724. The lowest BCUT2D eigenvalue weighted by Gasteiger charge is -2.43. The first-order valence-electron chi connectivity index (χ1n) is 8.21. The van der Waals surface area contributed by atoms with E-state index in [0.29, 0.717) is 0 Å². The Morgan fingerprint density at radius 3 is 2.44 bits per heavy atom. The molecule has 0 aromatic carbocycles. The first-order valence-corrected chi connectivity index (χ1v) is 8.21. The molecule has 2 aliphatic carbocycles. The molecule has 18 heavy (non-hydrogen) atoms. The Balaban J connectivity index is 1.60. The van der Waals surface area contributed by atoms with Gasteiger partial charge in [-0.15, -0.1) is 0 Å². The van der Waals surface area contributed by atoms with Gasteiger partial charge in [-0.05, 0) is 43.4 Å². The van der Waals surface area contributed by atoms with E-state index in [1.807, 2.05) is 0 Å². The molecule has 0 radical (unpaired) electrons. The predicted octanol–water partition coefficient (Wildman–Crippen LogP) is 2.89. The van der Waals surface area contributed by atoms with Gasteiger partial charge in [0.2, 0.25) is 0 Å². The molecule has 2 atom stereocenters. The summed E-state index contributed by atoms with van der Waals surface area (Å²) in [7, 11) is 0. The number of piperazine rings is 1. The Kier molecular flexibility index (Phi) is 3.95. The number of hydrogen-bond acceptors (Lipinski definition) is 2. The summed E-state index contributed by atoms with van der Waals surface area (Å²) in [6.07, 6.45) is 8.93. The van der Waals surface area contributed by atoms with Gasteiger partial charge in [-0.25, -0.2) is 0 Å². The predicted molar refractivity (Wildman–Crippen MR) is 76.7 cm³/mol. The summed E-state index contributed by atoms with van der Waals surface area (Å²) in [5, 5.41) is 3.80. The summed E-state index contributed by atoms with van der Waals surface area (Å²) in [6.45, 7) is 8.67. The highest BCUT2D eigenvalue weighted by Gasteiger charge is 2.39. The molecule has 104 valence electrons. The minimum Gasteiger partial charge on any atom is -0.311 e. The number of rotatable bonds is 4. The van der Waals surface area contributed by atoms with Crippen LogP contribution in [0.15, 0.2) is 0 Å². The van der Waals surface area contributed by atoms with Gasteiger partial charge in [0.15, 0.2) is 0 Å². The average Bonchev–Trinajstić information content (AvgIpc) is 3.07. The molecule has 2 unspecified atom stereocenters. The summed E-state index contributed by atoms with van der Waals surface area (Å²) < 4.78 is 0. The standard InChI is InChI=1S/C16H30N2/c1-12(2)15-11-18(10-13-5-3-4-6-13)16(9-17-15)14-7-8-14/h12-17H,3-11H2,1-2H3. The van der Waals surface area contributed by atoms with Gasteiger partial charge in [0.1, 0.15) is 0 Å². The minimum atomic E-state index is 0.724. The van der Waals surface area contributed by atoms with E-state index in [0.717, 1.165) is 29.8 Å². The smallest absolute Gasteiger partial charge is 0.0249 e. The fourth-order valence-corrected chi connectivity index (χ4v) is 3.98. The normalized spacial score (nSPS) is 35.5. The number of hydrogen-bond donors (Lipinski definition) is 1. The zero-order valence-corrected chi connectivity index (χ0v) is 12.2. The van der Waals surface area contributed by atoms with Crippen molar-refractivity contribution in [1.29, 1.82) is 0 Å². The van der Waals surface area contributed by atoms with Crippen molar-refractivity contribution in [2.75, 3.05) is 19.6 Å². The van der Waals surface area contributed by atoms with E-state index >= 15 is 0 Å². The van der Waals surface area contributed by atoms with Gasteiger partial charge in [0.25, 0.3) is 0 Å². The largest absolute Gasteiger partial charge is 0.311 e. The third-order valence-electron chi connectivity index (χ3n) is 5.43. The van der Waals surface area contributed by atoms with Gasteiger partial charge in [0, 0.05) is 31.7 Å². The number of nitrogens with zero attached hydrogens (tertiary/aromatic N) is 1. The Morgan fingerprint density at radius 1 is 1.11 bits per heavy atom. The van der Waals surface area contributed by atoms with Crippen molar-refractivity contribution in [2.24, 2.45) is 17.8 Å². The second-order valence-corrected chi connectivity index (χ2v) is 7.27. The molecule has 3 aliphatic rings. The van der Waals surface area contributed by atoms with E-state index in [2.05, 4.69) is 24.1 Å². The van der Waals surface area contributed by atoms with Crippen molar-refractivity contribution in [1.82, 2.24) is 10.2 Å². The molecule has 3 fully saturated rings.